The summed E-state index contributed by atoms with van der Waals surface area (Å²) in [6.07, 6.45) is 3.34. The highest BCUT2D eigenvalue weighted by Crippen LogP contribution is 2.35. The molecule has 0 saturated carbocycles. The van der Waals surface area contributed by atoms with Crippen molar-refractivity contribution in [2.75, 3.05) is 13.1 Å². The van der Waals surface area contributed by atoms with Crippen LogP contribution in [0.15, 0.2) is 0 Å². The number of hydrogen-bond acceptors (Lipinski definition) is 1. The Bertz CT molecular complexity index is 178. The zero-order chi connectivity index (χ0) is 9.31. The standard InChI is InChI=1S/C9H15F2N2/c10-9(11)5-3-7-13(9)8-4-1-2-6-12-8/h8H,1-7H2. The van der Waals surface area contributed by atoms with Crippen LogP contribution in [-0.4, -0.2) is 30.2 Å². The molecule has 2 saturated heterocycles. The Morgan fingerprint density at radius 1 is 1.23 bits per heavy atom. The molecule has 1 radical (unpaired) electrons. The van der Waals surface area contributed by atoms with E-state index in [0.717, 1.165) is 25.8 Å². The summed E-state index contributed by atoms with van der Waals surface area (Å²) in [4.78, 5) is 1.28. The van der Waals surface area contributed by atoms with Crippen molar-refractivity contribution in [2.45, 2.75) is 44.3 Å². The van der Waals surface area contributed by atoms with Crippen LogP contribution in [0, 0.1) is 0 Å². The van der Waals surface area contributed by atoms with E-state index >= 15 is 0 Å². The first-order valence-corrected chi connectivity index (χ1v) is 5.01. The van der Waals surface area contributed by atoms with Crippen molar-refractivity contribution in [3.63, 3.8) is 0 Å². The number of alkyl halides is 2. The molecule has 1 unspecified atom stereocenters. The Morgan fingerprint density at radius 2 is 2.08 bits per heavy atom. The number of halogens is 2. The zero-order valence-electron chi connectivity index (χ0n) is 7.68. The number of piperidine rings is 1. The lowest BCUT2D eigenvalue weighted by Crippen LogP contribution is -2.49. The van der Waals surface area contributed by atoms with E-state index in [1.807, 2.05) is 0 Å². The summed E-state index contributed by atoms with van der Waals surface area (Å²) in [6, 6.07) is -2.59. The molecule has 2 aliphatic heterocycles. The largest absolute Gasteiger partial charge is 0.306 e. The third-order valence-electron chi connectivity index (χ3n) is 2.87. The van der Waals surface area contributed by atoms with Crippen LogP contribution in [0.1, 0.15) is 32.1 Å². The number of hydrogen-bond donors (Lipinski definition) is 0. The fraction of sp³-hybridized carbons (Fsp3) is 1.00. The van der Waals surface area contributed by atoms with Crippen LogP contribution in [0.25, 0.3) is 0 Å². The van der Waals surface area contributed by atoms with E-state index in [9.17, 15) is 8.78 Å². The highest BCUT2D eigenvalue weighted by atomic mass is 19.3. The minimum Gasteiger partial charge on any atom is -0.227 e. The van der Waals surface area contributed by atoms with Crippen LogP contribution in [0.2, 0.25) is 0 Å². The van der Waals surface area contributed by atoms with E-state index in [1.54, 1.807) is 0 Å². The normalized spacial score (nSPS) is 35.1. The van der Waals surface area contributed by atoms with Crippen molar-refractivity contribution in [2.24, 2.45) is 0 Å². The minimum atomic E-state index is -2.59. The van der Waals surface area contributed by atoms with Gasteiger partial charge in [-0.3, -0.25) is 0 Å². The summed E-state index contributed by atoms with van der Waals surface area (Å²) in [6.45, 7) is 1.28. The van der Waals surface area contributed by atoms with Gasteiger partial charge in [0, 0.05) is 19.5 Å². The molecule has 2 nitrogen and oxygen atoms in total. The van der Waals surface area contributed by atoms with Gasteiger partial charge in [0.25, 0.3) is 0 Å². The zero-order valence-corrected chi connectivity index (χ0v) is 7.68. The lowest BCUT2D eigenvalue weighted by molar-refractivity contribution is -0.146. The Balaban J connectivity index is 1.98. The van der Waals surface area contributed by atoms with Crippen LogP contribution < -0.4 is 5.32 Å². The van der Waals surface area contributed by atoms with Gasteiger partial charge >= 0.3 is 6.05 Å². The third-order valence-corrected chi connectivity index (χ3v) is 2.87. The van der Waals surface area contributed by atoms with Crippen molar-refractivity contribution in [1.82, 2.24) is 10.2 Å². The average molecular weight is 189 g/mol. The quantitative estimate of drug-likeness (QED) is 0.575. The molecule has 0 spiro atoms. The van der Waals surface area contributed by atoms with Crippen molar-refractivity contribution in [3.8, 4) is 0 Å². The summed E-state index contributed by atoms with van der Waals surface area (Å²) in [5, 5.41) is 4.25. The van der Waals surface area contributed by atoms with E-state index in [4.69, 9.17) is 0 Å². The summed E-state index contributed by atoms with van der Waals surface area (Å²) in [5.41, 5.74) is 0. The maximum Gasteiger partial charge on any atom is 0.306 e. The maximum atomic E-state index is 13.3. The van der Waals surface area contributed by atoms with Gasteiger partial charge < -0.3 is 0 Å². The molecule has 0 aromatic heterocycles. The van der Waals surface area contributed by atoms with Crippen molar-refractivity contribution in [3.05, 3.63) is 0 Å². The van der Waals surface area contributed by atoms with E-state index in [1.165, 1.54) is 4.90 Å². The topological polar surface area (TPSA) is 17.3 Å². The predicted octanol–water partition coefficient (Wildman–Crippen LogP) is 1.79. The molecule has 2 fully saturated rings. The maximum absolute atomic E-state index is 13.3. The van der Waals surface area contributed by atoms with Gasteiger partial charge in [0.05, 0.1) is 6.17 Å². The summed E-state index contributed by atoms with van der Waals surface area (Å²) in [5.74, 6) is 0. The highest BCUT2D eigenvalue weighted by molar-refractivity contribution is 4.84. The van der Waals surface area contributed by atoms with Gasteiger partial charge in [0.2, 0.25) is 0 Å². The predicted molar refractivity (Wildman–Crippen MR) is 45.5 cm³/mol. The van der Waals surface area contributed by atoms with E-state index < -0.39 is 6.05 Å². The van der Waals surface area contributed by atoms with Gasteiger partial charge in [0.15, 0.2) is 0 Å². The van der Waals surface area contributed by atoms with Crippen LogP contribution in [0.5, 0.6) is 0 Å². The monoisotopic (exact) mass is 189 g/mol. The number of nitrogens with zero attached hydrogens (tertiary/aromatic N) is 2. The summed E-state index contributed by atoms with van der Waals surface area (Å²) >= 11 is 0. The Kier molecular flexibility index (Phi) is 2.51. The molecule has 2 heterocycles. The SMILES string of the molecule is FC1(F)CCCN1C1CCCC[N]1. The van der Waals surface area contributed by atoms with Gasteiger partial charge in [-0.05, 0) is 25.7 Å². The summed E-state index contributed by atoms with van der Waals surface area (Å²) in [7, 11) is 0. The second-order valence-electron chi connectivity index (χ2n) is 3.85. The molecular formula is C9H15F2N2. The molecule has 0 aromatic carbocycles. The van der Waals surface area contributed by atoms with Crippen LogP contribution >= 0.6 is 0 Å². The van der Waals surface area contributed by atoms with Crippen LogP contribution in [0.4, 0.5) is 8.78 Å². The molecule has 2 rings (SSSR count). The van der Waals surface area contributed by atoms with Gasteiger partial charge in [-0.2, -0.15) is 8.78 Å². The molecule has 1 atom stereocenters. The molecule has 0 N–H and O–H groups in total. The van der Waals surface area contributed by atoms with E-state index in [2.05, 4.69) is 5.32 Å². The Hall–Kier alpha value is -0.220. The van der Waals surface area contributed by atoms with Crippen molar-refractivity contribution < 1.29 is 8.78 Å². The third kappa shape index (κ3) is 1.83. The van der Waals surface area contributed by atoms with Crippen molar-refractivity contribution >= 4 is 0 Å². The first-order chi connectivity index (χ1) is 6.20. The smallest absolute Gasteiger partial charge is 0.227 e. The van der Waals surface area contributed by atoms with Crippen molar-refractivity contribution in [1.29, 1.82) is 0 Å². The minimum absolute atomic E-state index is 0.0129. The van der Waals surface area contributed by atoms with E-state index in [-0.39, 0.29) is 12.6 Å². The summed E-state index contributed by atoms with van der Waals surface area (Å²) < 4.78 is 26.5. The van der Waals surface area contributed by atoms with E-state index in [0.29, 0.717) is 13.0 Å². The fourth-order valence-corrected chi connectivity index (χ4v) is 2.16. The van der Waals surface area contributed by atoms with Crippen LogP contribution in [0.3, 0.4) is 0 Å². The first kappa shape index (κ1) is 9.34. The highest BCUT2D eigenvalue weighted by Gasteiger charge is 2.45. The molecule has 75 valence electrons. The molecular weight excluding hydrogens is 174 g/mol. The molecule has 0 aliphatic carbocycles. The second kappa shape index (κ2) is 3.50. The molecule has 0 amide bonds. The van der Waals surface area contributed by atoms with Gasteiger partial charge in [-0.1, -0.05) is 0 Å². The lowest BCUT2D eigenvalue weighted by atomic mass is 10.1. The first-order valence-electron chi connectivity index (χ1n) is 5.01. The number of likely N-dealkylation sites (tertiary alicyclic amines) is 1. The average Bonchev–Trinajstić information content (AvgIpc) is 2.47. The number of rotatable bonds is 1. The molecule has 0 aromatic rings. The van der Waals surface area contributed by atoms with Crippen LogP contribution in [-0.2, 0) is 0 Å². The fourth-order valence-electron chi connectivity index (χ4n) is 2.16. The Morgan fingerprint density at radius 3 is 2.62 bits per heavy atom. The van der Waals surface area contributed by atoms with Gasteiger partial charge in [0.1, 0.15) is 0 Å². The van der Waals surface area contributed by atoms with Gasteiger partial charge in [-0.15, -0.1) is 0 Å². The molecule has 2 aliphatic rings. The second-order valence-corrected chi connectivity index (χ2v) is 3.85. The van der Waals surface area contributed by atoms with Gasteiger partial charge in [-0.25, -0.2) is 10.2 Å². The lowest BCUT2D eigenvalue weighted by Gasteiger charge is -2.34. The molecule has 13 heavy (non-hydrogen) atoms. The molecule has 0 bridgehead atoms. The molecule has 4 heteroatoms. The Labute approximate surface area is 77.3 Å².